The van der Waals surface area contributed by atoms with Crippen LogP contribution >= 0.6 is 0 Å². The SMILES string of the molecule is CCC1(C)NC(=O)C(C)N(C2CCS(=O)CC2)C1=O. The van der Waals surface area contributed by atoms with Crippen molar-refractivity contribution >= 4 is 22.6 Å². The third kappa shape index (κ3) is 2.55. The third-order valence-electron chi connectivity index (χ3n) is 4.36. The second-order valence-electron chi connectivity index (χ2n) is 5.64. The van der Waals surface area contributed by atoms with Gasteiger partial charge in [0, 0.05) is 28.3 Å². The number of amides is 2. The van der Waals surface area contributed by atoms with Crippen LogP contribution in [0, 0.1) is 0 Å². The smallest absolute Gasteiger partial charge is 0.248 e. The highest BCUT2D eigenvalue weighted by atomic mass is 32.2. The average Bonchev–Trinajstić information content (AvgIpc) is 2.39. The summed E-state index contributed by atoms with van der Waals surface area (Å²) < 4.78 is 11.4. The zero-order valence-corrected chi connectivity index (χ0v) is 12.6. The molecule has 1 N–H and O–H groups in total. The molecule has 5 nitrogen and oxygen atoms in total. The highest BCUT2D eigenvalue weighted by Gasteiger charge is 2.47. The van der Waals surface area contributed by atoms with E-state index in [1.807, 2.05) is 6.92 Å². The minimum atomic E-state index is -0.791. The van der Waals surface area contributed by atoms with Gasteiger partial charge in [0.1, 0.15) is 11.6 Å². The van der Waals surface area contributed by atoms with E-state index >= 15 is 0 Å². The van der Waals surface area contributed by atoms with Crippen LogP contribution in [0.3, 0.4) is 0 Å². The van der Waals surface area contributed by atoms with E-state index in [1.165, 1.54) is 0 Å². The summed E-state index contributed by atoms with van der Waals surface area (Å²) in [6, 6.07) is -0.374. The lowest BCUT2D eigenvalue weighted by molar-refractivity contribution is -0.156. The molecule has 0 aromatic heterocycles. The molecule has 0 bridgehead atoms. The van der Waals surface area contributed by atoms with Crippen molar-refractivity contribution in [1.82, 2.24) is 10.2 Å². The molecule has 2 rings (SSSR count). The van der Waals surface area contributed by atoms with Crippen molar-refractivity contribution in [2.24, 2.45) is 0 Å². The van der Waals surface area contributed by atoms with Gasteiger partial charge < -0.3 is 10.2 Å². The van der Waals surface area contributed by atoms with Crippen LogP contribution in [0.4, 0.5) is 0 Å². The second-order valence-corrected chi connectivity index (χ2v) is 7.34. The van der Waals surface area contributed by atoms with Crippen molar-refractivity contribution in [3.8, 4) is 0 Å². The Bertz CT molecular complexity index is 416. The monoisotopic (exact) mass is 286 g/mol. The van der Waals surface area contributed by atoms with Crippen molar-refractivity contribution in [3.05, 3.63) is 0 Å². The Balaban J connectivity index is 2.23. The predicted molar refractivity (Wildman–Crippen MR) is 74.0 cm³/mol. The Hall–Kier alpha value is -0.910. The Morgan fingerprint density at radius 1 is 1.37 bits per heavy atom. The summed E-state index contributed by atoms with van der Waals surface area (Å²) in [7, 11) is -0.756. The molecule has 0 aromatic carbocycles. The van der Waals surface area contributed by atoms with Crippen molar-refractivity contribution in [1.29, 1.82) is 0 Å². The van der Waals surface area contributed by atoms with Gasteiger partial charge in [-0.3, -0.25) is 13.8 Å². The average molecular weight is 286 g/mol. The van der Waals surface area contributed by atoms with Gasteiger partial charge >= 0.3 is 0 Å². The summed E-state index contributed by atoms with van der Waals surface area (Å²) in [5.74, 6) is 1.17. The summed E-state index contributed by atoms with van der Waals surface area (Å²) in [6.45, 7) is 5.46. The predicted octanol–water partition coefficient (Wildman–Crippen LogP) is 0.413. The number of nitrogens with zero attached hydrogens (tertiary/aromatic N) is 1. The van der Waals surface area contributed by atoms with Crippen molar-refractivity contribution in [2.75, 3.05) is 11.5 Å². The number of hydrogen-bond donors (Lipinski definition) is 1. The van der Waals surface area contributed by atoms with Gasteiger partial charge in [0.15, 0.2) is 0 Å². The van der Waals surface area contributed by atoms with Crippen LogP contribution in [0.1, 0.15) is 40.0 Å². The minimum absolute atomic E-state index is 0.000202. The molecule has 0 aliphatic carbocycles. The van der Waals surface area contributed by atoms with E-state index in [0.717, 1.165) is 12.8 Å². The molecule has 2 fully saturated rings. The van der Waals surface area contributed by atoms with Crippen LogP contribution in [0.5, 0.6) is 0 Å². The van der Waals surface area contributed by atoms with Gasteiger partial charge in [0.2, 0.25) is 11.8 Å². The van der Waals surface area contributed by atoms with E-state index in [9.17, 15) is 13.8 Å². The lowest BCUT2D eigenvalue weighted by atomic mass is 9.90. The molecule has 0 radical (unpaired) electrons. The molecule has 108 valence electrons. The van der Waals surface area contributed by atoms with Crippen LogP contribution in [-0.4, -0.2) is 50.1 Å². The number of carbonyl (C=O) groups excluding carboxylic acids is 2. The lowest BCUT2D eigenvalue weighted by Crippen LogP contribution is -2.70. The third-order valence-corrected chi connectivity index (χ3v) is 5.74. The first-order chi connectivity index (χ1) is 8.89. The normalized spacial score (nSPS) is 40.2. The Labute approximate surface area is 116 Å². The van der Waals surface area contributed by atoms with Crippen molar-refractivity contribution in [2.45, 2.75) is 57.7 Å². The first kappa shape index (κ1) is 14.5. The molecule has 6 heteroatoms. The summed E-state index contributed by atoms with van der Waals surface area (Å²) in [6.07, 6.45) is 2.05. The Morgan fingerprint density at radius 3 is 2.47 bits per heavy atom. The van der Waals surface area contributed by atoms with E-state index < -0.39 is 22.4 Å². The molecule has 2 unspecified atom stereocenters. The standard InChI is InChI=1S/C13H22N2O3S/c1-4-13(3)12(17)15(9(2)11(16)14-13)10-5-7-19(18)8-6-10/h9-10H,4-8H2,1-3H3,(H,14,16). The molecule has 2 aliphatic rings. The van der Waals surface area contributed by atoms with E-state index in [-0.39, 0.29) is 17.9 Å². The lowest BCUT2D eigenvalue weighted by Gasteiger charge is -2.47. The highest BCUT2D eigenvalue weighted by molar-refractivity contribution is 7.85. The molecule has 0 aromatic rings. The summed E-state index contributed by atoms with van der Waals surface area (Å²) in [5.41, 5.74) is -0.791. The molecule has 0 spiro atoms. The number of rotatable bonds is 2. The summed E-state index contributed by atoms with van der Waals surface area (Å²) >= 11 is 0. The van der Waals surface area contributed by atoms with Crippen LogP contribution in [-0.2, 0) is 20.4 Å². The fraction of sp³-hybridized carbons (Fsp3) is 0.846. The van der Waals surface area contributed by atoms with Gasteiger partial charge in [-0.1, -0.05) is 6.92 Å². The van der Waals surface area contributed by atoms with Gasteiger partial charge in [-0.2, -0.15) is 0 Å². The Kier molecular flexibility index (Phi) is 3.99. The maximum Gasteiger partial charge on any atom is 0.248 e. The van der Waals surface area contributed by atoms with Crippen LogP contribution in [0.25, 0.3) is 0 Å². The maximum atomic E-state index is 12.7. The van der Waals surface area contributed by atoms with E-state index in [2.05, 4.69) is 5.32 Å². The molecule has 2 aliphatic heterocycles. The van der Waals surface area contributed by atoms with E-state index in [0.29, 0.717) is 17.9 Å². The quantitative estimate of drug-likeness (QED) is 0.800. The van der Waals surface area contributed by atoms with E-state index in [1.54, 1.807) is 18.7 Å². The van der Waals surface area contributed by atoms with E-state index in [4.69, 9.17) is 0 Å². The second kappa shape index (κ2) is 5.23. The van der Waals surface area contributed by atoms with Crippen LogP contribution in [0.2, 0.25) is 0 Å². The summed E-state index contributed by atoms with van der Waals surface area (Å²) in [5, 5.41) is 2.83. The zero-order chi connectivity index (χ0) is 14.2. The van der Waals surface area contributed by atoms with Crippen molar-refractivity contribution < 1.29 is 13.8 Å². The summed E-state index contributed by atoms with van der Waals surface area (Å²) in [4.78, 5) is 26.5. The van der Waals surface area contributed by atoms with Gasteiger partial charge in [-0.15, -0.1) is 0 Å². The van der Waals surface area contributed by atoms with Gasteiger partial charge in [-0.25, -0.2) is 0 Å². The molecule has 2 heterocycles. The molecule has 0 saturated carbocycles. The molecule has 2 amide bonds. The topological polar surface area (TPSA) is 66.5 Å². The van der Waals surface area contributed by atoms with Crippen LogP contribution in [0.15, 0.2) is 0 Å². The van der Waals surface area contributed by atoms with Gasteiger partial charge in [-0.05, 0) is 33.1 Å². The van der Waals surface area contributed by atoms with Crippen LogP contribution < -0.4 is 5.32 Å². The molecule has 2 atom stereocenters. The van der Waals surface area contributed by atoms with Crippen molar-refractivity contribution in [3.63, 3.8) is 0 Å². The van der Waals surface area contributed by atoms with Gasteiger partial charge in [0.25, 0.3) is 0 Å². The molecular weight excluding hydrogens is 264 g/mol. The van der Waals surface area contributed by atoms with Gasteiger partial charge in [0.05, 0.1) is 0 Å². The Morgan fingerprint density at radius 2 is 1.95 bits per heavy atom. The number of hydrogen-bond acceptors (Lipinski definition) is 3. The maximum absolute atomic E-state index is 12.7. The molecule has 19 heavy (non-hydrogen) atoms. The number of nitrogens with one attached hydrogen (secondary N) is 1. The molecular formula is C13H22N2O3S. The minimum Gasteiger partial charge on any atom is -0.340 e. The largest absolute Gasteiger partial charge is 0.340 e. The first-order valence-corrected chi connectivity index (χ1v) is 8.37. The number of piperazine rings is 1. The number of carbonyl (C=O) groups is 2. The first-order valence-electron chi connectivity index (χ1n) is 6.89. The fourth-order valence-corrected chi connectivity index (χ4v) is 4.07. The fourth-order valence-electron chi connectivity index (χ4n) is 2.80. The molecule has 2 saturated heterocycles. The highest BCUT2D eigenvalue weighted by Crippen LogP contribution is 2.27. The zero-order valence-electron chi connectivity index (χ0n) is 11.8.